The minimum Gasteiger partial charge on any atom is -0.329 e. The van der Waals surface area contributed by atoms with Gasteiger partial charge in [0.25, 0.3) is 0 Å². The second kappa shape index (κ2) is 12.7. The molecule has 0 aliphatic carbocycles. The predicted octanol–water partition coefficient (Wildman–Crippen LogP) is 3.23. The monoisotopic (exact) mass is 226 g/mol. The van der Waals surface area contributed by atoms with Gasteiger partial charge in [-0.1, -0.05) is 57.9 Å². The zero-order chi connectivity index (χ0) is 12.1. The molecule has 1 unspecified atom stereocenters. The maximum Gasteiger partial charge on any atom is 0.0193 e. The molecule has 0 aromatic carbocycles. The van der Waals surface area contributed by atoms with E-state index in [1.807, 2.05) is 6.08 Å². The van der Waals surface area contributed by atoms with E-state index in [1.54, 1.807) is 0 Å². The van der Waals surface area contributed by atoms with Gasteiger partial charge < -0.3 is 11.1 Å². The first-order chi connectivity index (χ1) is 7.85. The van der Waals surface area contributed by atoms with Gasteiger partial charge in [-0.25, -0.2) is 0 Å². The number of hydrogen-bond acceptors (Lipinski definition) is 2. The minimum atomic E-state index is 0.480. The maximum atomic E-state index is 5.70. The molecule has 2 heteroatoms. The number of nitrogens with one attached hydrogen (secondary N) is 1. The van der Waals surface area contributed by atoms with Gasteiger partial charge in [0.1, 0.15) is 0 Å². The van der Waals surface area contributed by atoms with E-state index in [0.29, 0.717) is 6.04 Å². The molecule has 0 aliphatic rings. The van der Waals surface area contributed by atoms with Crippen molar-refractivity contribution in [1.82, 2.24) is 5.32 Å². The summed E-state index contributed by atoms with van der Waals surface area (Å²) in [7, 11) is 0. The van der Waals surface area contributed by atoms with Crippen LogP contribution < -0.4 is 11.1 Å². The zero-order valence-electron chi connectivity index (χ0n) is 11.0. The van der Waals surface area contributed by atoms with Gasteiger partial charge in [-0.2, -0.15) is 0 Å². The highest BCUT2D eigenvalue weighted by molar-refractivity contribution is 4.75. The van der Waals surface area contributed by atoms with E-state index in [2.05, 4.69) is 18.8 Å². The van der Waals surface area contributed by atoms with E-state index in [-0.39, 0.29) is 0 Å². The van der Waals surface area contributed by atoms with Crippen LogP contribution >= 0.6 is 0 Å². The normalized spacial score (nSPS) is 12.6. The zero-order valence-corrected chi connectivity index (χ0v) is 11.0. The lowest BCUT2D eigenvalue weighted by molar-refractivity contribution is 0.474. The van der Waals surface area contributed by atoms with Crippen molar-refractivity contribution in [3.8, 4) is 0 Å². The third kappa shape index (κ3) is 10.2. The molecule has 0 spiro atoms. The van der Waals surface area contributed by atoms with Crippen LogP contribution in [0.3, 0.4) is 0 Å². The van der Waals surface area contributed by atoms with Crippen LogP contribution in [0.4, 0.5) is 0 Å². The van der Waals surface area contributed by atoms with Crippen molar-refractivity contribution >= 4 is 0 Å². The van der Waals surface area contributed by atoms with Gasteiger partial charge in [-0.3, -0.25) is 0 Å². The molecule has 0 aliphatic heterocycles. The fourth-order valence-electron chi connectivity index (χ4n) is 1.90. The van der Waals surface area contributed by atoms with Gasteiger partial charge in [0.2, 0.25) is 0 Å². The van der Waals surface area contributed by atoms with Crippen LogP contribution in [0.2, 0.25) is 0 Å². The summed E-state index contributed by atoms with van der Waals surface area (Å²) in [6, 6.07) is 0.480. The minimum absolute atomic E-state index is 0.480. The van der Waals surface area contributed by atoms with Crippen LogP contribution in [0, 0.1) is 0 Å². The molecule has 0 bridgehead atoms. The Kier molecular flexibility index (Phi) is 12.5. The molecule has 0 aromatic rings. The second-order valence-electron chi connectivity index (χ2n) is 4.54. The van der Waals surface area contributed by atoms with Crippen molar-refractivity contribution in [1.29, 1.82) is 0 Å². The average molecular weight is 226 g/mol. The quantitative estimate of drug-likeness (QED) is 0.396. The Bertz CT molecular complexity index is 146. The largest absolute Gasteiger partial charge is 0.329 e. The van der Waals surface area contributed by atoms with Crippen molar-refractivity contribution in [2.24, 2.45) is 5.73 Å². The molecule has 1 atom stereocenters. The summed E-state index contributed by atoms with van der Waals surface area (Å²) < 4.78 is 0. The van der Waals surface area contributed by atoms with Crippen molar-refractivity contribution in [2.45, 2.75) is 64.3 Å². The fourth-order valence-corrected chi connectivity index (χ4v) is 1.90. The maximum absolute atomic E-state index is 5.70. The molecule has 0 saturated heterocycles. The lowest BCUT2D eigenvalue weighted by Gasteiger charge is -2.15. The Hall–Kier alpha value is -0.340. The topological polar surface area (TPSA) is 38.0 Å². The van der Waals surface area contributed by atoms with Crippen molar-refractivity contribution in [3.63, 3.8) is 0 Å². The van der Waals surface area contributed by atoms with Crippen molar-refractivity contribution in [2.75, 3.05) is 13.1 Å². The molecule has 96 valence electrons. The van der Waals surface area contributed by atoms with Crippen LogP contribution in [0.1, 0.15) is 58.3 Å². The first-order valence-electron chi connectivity index (χ1n) is 6.89. The van der Waals surface area contributed by atoms with E-state index in [4.69, 9.17) is 5.73 Å². The molecule has 0 heterocycles. The summed E-state index contributed by atoms with van der Waals surface area (Å²) in [5.74, 6) is 0. The number of hydrogen-bond donors (Lipinski definition) is 2. The smallest absolute Gasteiger partial charge is 0.0193 e. The van der Waals surface area contributed by atoms with Crippen LogP contribution in [0.15, 0.2) is 12.7 Å². The fraction of sp³-hybridized carbons (Fsp3) is 0.857. The first kappa shape index (κ1) is 15.7. The molecular formula is C14H30N2. The predicted molar refractivity (Wildman–Crippen MR) is 73.7 cm³/mol. The Morgan fingerprint density at radius 1 is 1.12 bits per heavy atom. The molecular weight excluding hydrogens is 196 g/mol. The van der Waals surface area contributed by atoms with E-state index in [1.165, 1.54) is 51.4 Å². The standard InChI is InChI=1S/C14H30N2/c1-3-5-6-7-8-9-10-11-14(13-15)16-12-4-2/h4,14,16H,2-3,5-13,15H2,1H3. The van der Waals surface area contributed by atoms with Gasteiger partial charge in [0.05, 0.1) is 0 Å². The average Bonchev–Trinajstić information content (AvgIpc) is 2.32. The van der Waals surface area contributed by atoms with E-state index >= 15 is 0 Å². The van der Waals surface area contributed by atoms with Crippen molar-refractivity contribution < 1.29 is 0 Å². The summed E-state index contributed by atoms with van der Waals surface area (Å²) >= 11 is 0. The Balaban J connectivity index is 3.23. The van der Waals surface area contributed by atoms with Crippen LogP contribution in [-0.4, -0.2) is 19.1 Å². The number of unbranched alkanes of at least 4 members (excludes halogenated alkanes) is 6. The van der Waals surface area contributed by atoms with Gasteiger partial charge >= 0.3 is 0 Å². The first-order valence-corrected chi connectivity index (χ1v) is 6.89. The molecule has 3 N–H and O–H groups in total. The lowest BCUT2D eigenvalue weighted by atomic mass is 10.1. The third-order valence-corrected chi connectivity index (χ3v) is 2.99. The van der Waals surface area contributed by atoms with Crippen LogP contribution in [0.25, 0.3) is 0 Å². The highest BCUT2D eigenvalue weighted by Crippen LogP contribution is 2.09. The van der Waals surface area contributed by atoms with E-state index in [0.717, 1.165) is 13.1 Å². The van der Waals surface area contributed by atoms with Crippen LogP contribution in [-0.2, 0) is 0 Å². The van der Waals surface area contributed by atoms with E-state index < -0.39 is 0 Å². The summed E-state index contributed by atoms with van der Waals surface area (Å²) in [5, 5.41) is 3.39. The summed E-state index contributed by atoms with van der Waals surface area (Å²) in [5.41, 5.74) is 5.70. The molecule has 0 aromatic heterocycles. The highest BCUT2D eigenvalue weighted by Gasteiger charge is 2.03. The lowest BCUT2D eigenvalue weighted by Crippen LogP contribution is -2.36. The molecule has 0 amide bonds. The number of rotatable bonds is 12. The van der Waals surface area contributed by atoms with Crippen molar-refractivity contribution in [3.05, 3.63) is 12.7 Å². The van der Waals surface area contributed by atoms with Gasteiger partial charge in [0, 0.05) is 19.1 Å². The van der Waals surface area contributed by atoms with Crippen LogP contribution in [0.5, 0.6) is 0 Å². The molecule has 16 heavy (non-hydrogen) atoms. The number of nitrogens with two attached hydrogens (primary N) is 1. The molecule has 0 rings (SSSR count). The van der Waals surface area contributed by atoms with E-state index in [9.17, 15) is 0 Å². The van der Waals surface area contributed by atoms with Gasteiger partial charge in [-0.15, -0.1) is 6.58 Å². The van der Waals surface area contributed by atoms with Gasteiger partial charge in [0.15, 0.2) is 0 Å². The molecule has 0 radical (unpaired) electrons. The Morgan fingerprint density at radius 2 is 1.75 bits per heavy atom. The Morgan fingerprint density at radius 3 is 2.31 bits per heavy atom. The molecule has 2 nitrogen and oxygen atoms in total. The second-order valence-corrected chi connectivity index (χ2v) is 4.54. The summed E-state index contributed by atoms with van der Waals surface area (Å²) in [6.07, 6.45) is 12.7. The van der Waals surface area contributed by atoms with Gasteiger partial charge in [-0.05, 0) is 6.42 Å². The third-order valence-electron chi connectivity index (χ3n) is 2.99. The molecule has 0 saturated carbocycles. The Labute approximate surface area is 102 Å². The summed E-state index contributed by atoms with van der Waals surface area (Å²) in [4.78, 5) is 0. The summed E-state index contributed by atoms with van der Waals surface area (Å²) in [6.45, 7) is 7.58. The molecule has 0 fully saturated rings. The highest BCUT2D eigenvalue weighted by atomic mass is 14.9. The SMILES string of the molecule is C=CCNC(CN)CCCCCCCCC.